The molecular weight excluding hydrogens is 240 g/mol. The number of hydrogen-bond acceptors (Lipinski definition) is 2. The van der Waals surface area contributed by atoms with Crippen LogP contribution in [0.1, 0.15) is 46.0 Å². The smallest absolute Gasteiger partial charge is 0.224 e. The summed E-state index contributed by atoms with van der Waals surface area (Å²) in [5.41, 5.74) is 1.49. The van der Waals surface area contributed by atoms with Crippen LogP contribution in [-0.4, -0.2) is 11.8 Å². The lowest BCUT2D eigenvalue weighted by Gasteiger charge is -2.07. The Morgan fingerprint density at radius 1 is 0.947 bits per heavy atom. The van der Waals surface area contributed by atoms with Crippen LogP contribution in [-0.2, 0) is 9.59 Å². The second-order valence-electron chi connectivity index (χ2n) is 4.62. The van der Waals surface area contributed by atoms with E-state index in [9.17, 15) is 9.59 Å². The van der Waals surface area contributed by atoms with Gasteiger partial charge in [-0.25, -0.2) is 0 Å². The lowest BCUT2D eigenvalue weighted by atomic mass is 10.1. The Balaban J connectivity index is 2.36. The number of carbonyl (C=O) groups is 2. The molecule has 1 rings (SSSR count). The van der Waals surface area contributed by atoms with Crippen molar-refractivity contribution >= 4 is 23.2 Å². The Bertz CT molecular complexity index is 413. The molecule has 1 aromatic rings. The third-order valence-electron chi connectivity index (χ3n) is 2.75. The van der Waals surface area contributed by atoms with E-state index >= 15 is 0 Å². The van der Waals surface area contributed by atoms with Crippen molar-refractivity contribution in [2.75, 3.05) is 10.6 Å². The number of nitrogens with one attached hydrogen (secondary N) is 2. The van der Waals surface area contributed by atoms with E-state index in [0.29, 0.717) is 6.42 Å². The summed E-state index contributed by atoms with van der Waals surface area (Å²) in [5.74, 6) is -0.0592. The topological polar surface area (TPSA) is 58.2 Å². The lowest BCUT2D eigenvalue weighted by molar-refractivity contribution is -0.116. The van der Waals surface area contributed by atoms with Crippen LogP contribution in [0, 0.1) is 0 Å². The van der Waals surface area contributed by atoms with Gasteiger partial charge in [-0.15, -0.1) is 0 Å². The zero-order valence-electron chi connectivity index (χ0n) is 11.7. The first-order valence-electron chi connectivity index (χ1n) is 6.79. The first-order chi connectivity index (χ1) is 9.11. The molecule has 2 N–H and O–H groups in total. The van der Waals surface area contributed by atoms with E-state index in [0.717, 1.165) is 24.2 Å². The van der Waals surface area contributed by atoms with Crippen LogP contribution < -0.4 is 10.6 Å². The first-order valence-corrected chi connectivity index (χ1v) is 6.79. The van der Waals surface area contributed by atoms with Gasteiger partial charge in [-0.05, 0) is 30.7 Å². The molecular formula is C15H22N2O2. The van der Waals surface area contributed by atoms with E-state index in [-0.39, 0.29) is 11.8 Å². The molecule has 0 atom stereocenters. The van der Waals surface area contributed by atoms with Crippen LogP contribution in [0.25, 0.3) is 0 Å². The Labute approximate surface area is 114 Å². The highest BCUT2D eigenvalue weighted by molar-refractivity contribution is 5.92. The van der Waals surface area contributed by atoms with Gasteiger partial charge in [-0.2, -0.15) is 0 Å². The van der Waals surface area contributed by atoms with Gasteiger partial charge in [0.05, 0.1) is 0 Å². The number of anilines is 2. The van der Waals surface area contributed by atoms with E-state index < -0.39 is 0 Å². The quantitative estimate of drug-likeness (QED) is 0.738. The van der Waals surface area contributed by atoms with Gasteiger partial charge < -0.3 is 10.6 Å². The summed E-state index contributed by atoms with van der Waals surface area (Å²) in [7, 11) is 0. The summed E-state index contributed by atoms with van der Waals surface area (Å²) in [6, 6.07) is 7.12. The molecule has 19 heavy (non-hydrogen) atoms. The molecule has 0 aliphatic carbocycles. The van der Waals surface area contributed by atoms with Gasteiger partial charge in [0, 0.05) is 24.7 Å². The average molecular weight is 262 g/mol. The number of carbonyl (C=O) groups excluding carboxylic acids is 2. The minimum absolute atomic E-state index is 0.0448. The summed E-state index contributed by atoms with van der Waals surface area (Å²) in [5, 5.41) is 5.53. The molecule has 0 fully saturated rings. The molecule has 4 nitrogen and oxygen atoms in total. The number of rotatable bonds is 7. The molecule has 104 valence electrons. The van der Waals surface area contributed by atoms with Crippen LogP contribution in [0.5, 0.6) is 0 Å². The minimum atomic E-state index is -0.104. The Hall–Kier alpha value is -1.84. The second-order valence-corrected chi connectivity index (χ2v) is 4.62. The van der Waals surface area contributed by atoms with Crippen molar-refractivity contribution in [1.82, 2.24) is 0 Å². The zero-order valence-corrected chi connectivity index (χ0v) is 11.7. The van der Waals surface area contributed by atoms with Crippen LogP contribution >= 0.6 is 0 Å². The third-order valence-corrected chi connectivity index (χ3v) is 2.75. The van der Waals surface area contributed by atoms with Gasteiger partial charge in [0.25, 0.3) is 0 Å². The Kier molecular flexibility index (Phi) is 6.64. The molecule has 0 aromatic heterocycles. The highest BCUT2D eigenvalue weighted by atomic mass is 16.2. The van der Waals surface area contributed by atoms with Crippen LogP contribution in [0.2, 0.25) is 0 Å². The minimum Gasteiger partial charge on any atom is -0.326 e. The lowest BCUT2D eigenvalue weighted by Crippen LogP contribution is -2.11. The predicted molar refractivity (Wildman–Crippen MR) is 78.1 cm³/mol. The fraction of sp³-hybridized carbons (Fsp3) is 0.467. The molecule has 0 spiro atoms. The molecule has 0 saturated carbocycles. The maximum absolute atomic E-state index is 11.7. The highest BCUT2D eigenvalue weighted by Gasteiger charge is 2.02. The van der Waals surface area contributed by atoms with Crippen molar-refractivity contribution in [3.8, 4) is 0 Å². The Morgan fingerprint density at radius 3 is 2.05 bits per heavy atom. The Morgan fingerprint density at radius 2 is 1.53 bits per heavy atom. The summed E-state index contributed by atoms with van der Waals surface area (Å²) in [6.07, 6.45) is 4.95. The summed E-state index contributed by atoms with van der Waals surface area (Å²) in [4.78, 5) is 22.5. The molecule has 0 heterocycles. The van der Waals surface area contributed by atoms with Gasteiger partial charge in [0.1, 0.15) is 0 Å². The maximum Gasteiger partial charge on any atom is 0.224 e. The molecule has 0 bridgehead atoms. The highest BCUT2D eigenvalue weighted by Crippen LogP contribution is 2.14. The number of amides is 2. The van der Waals surface area contributed by atoms with Crippen molar-refractivity contribution in [3.05, 3.63) is 24.3 Å². The van der Waals surface area contributed by atoms with E-state index in [2.05, 4.69) is 17.6 Å². The molecule has 0 unspecified atom stereocenters. The number of unbranched alkanes of at least 4 members (excludes halogenated alkanes) is 3. The molecule has 2 amide bonds. The predicted octanol–water partition coefficient (Wildman–Crippen LogP) is 3.55. The van der Waals surface area contributed by atoms with Crippen molar-refractivity contribution in [1.29, 1.82) is 0 Å². The van der Waals surface area contributed by atoms with Crippen LogP contribution in [0.4, 0.5) is 11.4 Å². The SMILES string of the molecule is CCCCCCC(=O)Nc1ccc(NC(C)=O)cc1. The van der Waals surface area contributed by atoms with Gasteiger partial charge in [-0.3, -0.25) is 9.59 Å². The molecule has 0 aliphatic rings. The van der Waals surface area contributed by atoms with E-state index in [1.165, 1.54) is 19.8 Å². The van der Waals surface area contributed by atoms with Crippen molar-refractivity contribution in [3.63, 3.8) is 0 Å². The largest absolute Gasteiger partial charge is 0.326 e. The van der Waals surface area contributed by atoms with Gasteiger partial charge >= 0.3 is 0 Å². The summed E-state index contributed by atoms with van der Waals surface area (Å²) >= 11 is 0. The molecule has 0 radical (unpaired) electrons. The summed E-state index contributed by atoms with van der Waals surface area (Å²) < 4.78 is 0. The van der Waals surface area contributed by atoms with E-state index in [1.807, 2.05) is 0 Å². The van der Waals surface area contributed by atoms with Crippen molar-refractivity contribution < 1.29 is 9.59 Å². The second kappa shape index (κ2) is 8.29. The van der Waals surface area contributed by atoms with E-state index in [4.69, 9.17) is 0 Å². The number of hydrogen-bond donors (Lipinski definition) is 2. The molecule has 0 saturated heterocycles. The monoisotopic (exact) mass is 262 g/mol. The van der Waals surface area contributed by atoms with Crippen LogP contribution in [0.3, 0.4) is 0 Å². The molecule has 0 aliphatic heterocycles. The first kappa shape index (κ1) is 15.2. The maximum atomic E-state index is 11.7. The van der Waals surface area contributed by atoms with Crippen molar-refractivity contribution in [2.24, 2.45) is 0 Å². The average Bonchev–Trinajstić information content (AvgIpc) is 2.36. The molecule has 4 heteroatoms. The molecule has 1 aromatic carbocycles. The normalized spacial score (nSPS) is 10.0. The third kappa shape index (κ3) is 6.60. The van der Waals surface area contributed by atoms with Crippen LogP contribution in [0.15, 0.2) is 24.3 Å². The fourth-order valence-electron chi connectivity index (χ4n) is 1.78. The van der Waals surface area contributed by atoms with E-state index in [1.54, 1.807) is 24.3 Å². The fourth-order valence-corrected chi connectivity index (χ4v) is 1.78. The van der Waals surface area contributed by atoms with Gasteiger partial charge in [0.2, 0.25) is 11.8 Å². The standard InChI is InChI=1S/C15H22N2O2/c1-3-4-5-6-7-15(19)17-14-10-8-13(9-11-14)16-12(2)18/h8-11H,3-7H2,1-2H3,(H,16,18)(H,17,19). The van der Waals surface area contributed by atoms with Crippen molar-refractivity contribution in [2.45, 2.75) is 46.0 Å². The summed E-state index contributed by atoms with van der Waals surface area (Å²) in [6.45, 7) is 3.61. The van der Waals surface area contributed by atoms with Gasteiger partial charge in [0.15, 0.2) is 0 Å². The number of benzene rings is 1. The van der Waals surface area contributed by atoms with Gasteiger partial charge in [-0.1, -0.05) is 26.2 Å². The zero-order chi connectivity index (χ0) is 14.1.